The van der Waals surface area contributed by atoms with Gasteiger partial charge in [0.25, 0.3) is 0 Å². The van der Waals surface area contributed by atoms with Crippen LogP contribution in [0.2, 0.25) is 0 Å². The second-order valence-electron chi connectivity index (χ2n) is 2.83. The Balaban J connectivity index is 2.50. The second kappa shape index (κ2) is 3.27. The van der Waals surface area contributed by atoms with E-state index in [9.17, 15) is 4.39 Å². The first-order valence-electron chi connectivity index (χ1n) is 3.87. The molecule has 0 aromatic heterocycles. The van der Waals surface area contributed by atoms with E-state index in [0.29, 0.717) is 11.1 Å². The van der Waals surface area contributed by atoms with Crippen LogP contribution in [0.15, 0.2) is 16.6 Å². The fourth-order valence-corrected chi connectivity index (χ4v) is 1.71. The van der Waals surface area contributed by atoms with Gasteiger partial charge in [-0.3, -0.25) is 0 Å². The summed E-state index contributed by atoms with van der Waals surface area (Å²) in [5.41, 5.74) is 0.773. The maximum Gasteiger partial charge on any atom is 0.166 e. The Hall–Kier alpha value is -0.610. The Morgan fingerprint density at radius 2 is 2.31 bits per heavy atom. The van der Waals surface area contributed by atoms with Gasteiger partial charge in [-0.25, -0.2) is 4.39 Å². The van der Waals surface area contributed by atoms with Gasteiger partial charge in [-0.15, -0.1) is 0 Å². The molecule has 1 fully saturated rings. The Morgan fingerprint density at radius 3 is 2.85 bits per heavy atom. The van der Waals surface area contributed by atoms with Crippen molar-refractivity contribution in [3.63, 3.8) is 0 Å². The number of epoxide rings is 1. The molecule has 1 atom stereocenters. The number of benzene rings is 1. The maximum atomic E-state index is 13.3. The van der Waals surface area contributed by atoms with E-state index in [2.05, 4.69) is 15.9 Å². The Labute approximate surface area is 83.8 Å². The molecule has 1 aromatic carbocycles. The zero-order valence-corrected chi connectivity index (χ0v) is 8.60. The first-order chi connectivity index (χ1) is 6.22. The van der Waals surface area contributed by atoms with Gasteiger partial charge in [0, 0.05) is 10.0 Å². The summed E-state index contributed by atoms with van der Waals surface area (Å²) in [6.07, 6.45) is 0.00181. The molecule has 70 valence electrons. The molecule has 0 saturated carbocycles. The predicted octanol–water partition coefficient (Wildman–Crippen LogP) is 2.67. The molecule has 0 N–H and O–H groups in total. The zero-order chi connectivity index (χ0) is 9.42. The van der Waals surface area contributed by atoms with E-state index in [1.54, 1.807) is 0 Å². The van der Waals surface area contributed by atoms with Crippen molar-refractivity contribution < 1.29 is 13.9 Å². The van der Waals surface area contributed by atoms with E-state index in [4.69, 9.17) is 9.47 Å². The topological polar surface area (TPSA) is 21.8 Å². The van der Waals surface area contributed by atoms with Gasteiger partial charge in [0.05, 0.1) is 13.7 Å². The van der Waals surface area contributed by atoms with Crippen LogP contribution in [0.25, 0.3) is 0 Å². The first-order valence-corrected chi connectivity index (χ1v) is 4.66. The summed E-state index contributed by atoms with van der Waals surface area (Å²) in [7, 11) is 1.46. The smallest absolute Gasteiger partial charge is 0.166 e. The molecule has 2 nitrogen and oxygen atoms in total. The molecule has 1 aliphatic rings. The van der Waals surface area contributed by atoms with Crippen LogP contribution in [0.4, 0.5) is 4.39 Å². The van der Waals surface area contributed by atoms with Crippen LogP contribution in [0, 0.1) is 5.82 Å². The minimum Gasteiger partial charge on any atom is -0.493 e. The molecule has 4 heteroatoms. The van der Waals surface area contributed by atoms with Crippen molar-refractivity contribution in [1.29, 1.82) is 0 Å². The van der Waals surface area contributed by atoms with Crippen molar-refractivity contribution in [2.75, 3.05) is 13.7 Å². The van der Waals surface area contributed by atoms with Gasteiger partial charge >= 0.3 is 0 Å². The van der Waals surface area contributed by atoms with Gasteiger partial charge < -0.3 is 9.47 Å². The average Bonchev–Trinajstić information content (AvgIpc) is 2.85. The van der Waals surface area contributed by atoms with Gasteiger partial charge in [0.1, 0.15) is 6.10 Å². The standard InChI is InChI=1S/C9H8BrFO2/c1-12-9-6(8-4-13-8)2-5(10)3-7(9)11/h2-3,8H,4H2,1H3/t8-/m0/s1. The molecular formula is C9H8BrFO2. The van der Waals surface area contributed by atoms with E-state index in [1.165, 1.54) is 13.2 Å². The third-order valence-corrected chi connectivity index (χ3v) is 2.38. The fraction of sp³-hybridized carbons (Fsp3) is 0.333. The number of halogens is 2. The summed E-state index contributed by atoms with van der Waals surface area (Å²) in [5, 5.41) is 0. The second-order valence-corrected chi connectivity index (χ2v) is 3.75. The Morgan fingerprint density at radius 1 is 1.62 bits per heavy atom. The summed E-state index contributed by atoms with van der Waals surface area (Å²) in [5.74, 6) is -0.0759. The minimum atomic E-state index is -0.359. The molecule has 0 unspecified atom stereocenters. The highest BCUT2D eigenvalue weighted by molar-refractivity contribution is 9.10. The largest absolute Gasteiger partial charge is 0.493 e. The summed E-state index contributed by atoms with van der Waals surface area (Å²) < 4.78 is 24.0. The van der Waals surface area contributed by atoms with Gasteiger partial charge in [-0.05, 0) is 12.1 Å². The number of hydrogen-bond acceptors (Lipinski definition) is 2. The monoisotopic (exact) mass is 246 g/mol. The van der Waals surface area contributed by atoms with E-state index in [0.717, 1.165) is 5.56 Å². The highest BCUT2D eigenvalue weighted by Gasteiger charge is 2.29. The number of ether oxygens (including phenoxy) is 2. The molecule has 1 heterocycles. The molecule has 0 radical (unpaired) electrons. The Kier molecular flexibility index (Phi) is 2.26. The lowest BCUT2D eigenvalue weighted by molar-refractivity contribution is 0.364. The van der Waals surface area contributed by atoms with Crippen molar-refractivity contribution in [3.05, 3.63) is 28.0 Å². The van der Waals surface area contributed by atoms with Gasteiger partial charge in [-0.2, -0.15) is 0 Å². The van der Waals surface area contributed by atoms with Crippen LogP contribution >= 0.6 is 15.9 Å². The molecular weight excluding hydrogens is 239 g/mol. The lowest BCUT2D eigenvalue weighted by atomic mass is 10.1. The van der Waals surface area contributed by atoms with Crippen LogP contribution in [0.3, 0.4) is 0 Å². The third-order valence-electron chi connectivity index (χ3n) is 1.92. The molecule has 1 saturated heterocycles. The van der Waals surface area contributed by atoms with Crippen molar-refractivity contribution >= 4 is 15.9 Å². The summed E-state index contributed by atoms with van der Waals surface area (Å²) in [6, 6.07) is 3.20. The molecule has 0 aliphatic carbocycles. The summed E-state index contributed by atoms with van der Waals surface area (Å²) >= 11 is 3.22. The van der Waals surface area contributed by atoms with Gasteiger partial charge in [0.15, 0.2) is 11.6 Å². The van der Waals surface area contributed by atoms with Crippen LogP contribution in [0.1, 0.15) is 11.7 Å². The molecule has 0 spiro atoms. The van der Waals surface area contributed by atoms with Crippen LogP contribution in [-0.2, 0) is 4.74 Å². The van der Waals surface area contributed by atoms with Gasteiger partial charge in [0.2, 0.25) is 0 Å². The number of methoxy groups -OCH3 is 1. The summed E-state index contributed by atoms with van der Waals surface area (Å²) in [4.78, 5) is 0. The SMILES string of the molecule is COc1c(F)cc(Br)cc1[C@@H]1CO1. The first kappa shape index (κ1) is 8.97. The van der Waals surface area contributed by atoms with Crippen LogP contribution in [-0.4, -0.2) is 13.7 Å². The number of hydrogen-bond donors (Lipinski definition) is 0. The van der Waals surface area contributed by atoms with Crippen LogP contribution < -0.4 is 4.74 Å². The maximum absolute atomic E-state index is 13.3. The summed E-state index contributed by atoms with van der Waals surface area (Å²) in [6.45, 7) is 0.645. The molecule has 1 aliphatic heterocycles. The van der Waals surface area contributed by atoms with Crippen molar-refractivity contribution in [2.45, 2.75) is 6.10 Å². The molecule has 1 aromatic rings. The molecule has 2 rings (SSSR count). The van der Waals surface area contributed by atoms with Crippen LogP contribution in [0.5, 0.6) is 5.75 Å². The molecule has 13 heavy (non-hydrogen) atoms. The zero-order valence-electron chi connectivity index (χ0n) is 7.01. The average molecular weight is 247 g/mol. The van der Waals surface area contributed by atoms with E-state index < -0.39 is 0 Å². The molecule has 0 bridgehead atoms. The molecule has 0 amide bonds. The van der Waals surface area contributed by atoms with Crippen molar-refractivity contribution in [3.8, 4) is 5.75 Å². The Bertz CT molecular complexity index is 337. The van der Waals surface area contributed by atoms with E-state index in [1.807, 2.05) is 6.07 Å². The van der Waals surface area contributed by atoms with Crippen molar-refractivity contribution in [2.24, 2.45) is 0 Å². The lowest BCUT2D eigenvalue weighted by Gasteiger charge is -2.07. The fourth-order valence-electron chi connectivity index (χ4n) is 1.26. The quantitative estimate of drug-likeness (QED) is 0.749. The normalized spacial score (nSPS) is 20.1. The van der Waals surface area contributed by atoms with E-state index >= 15 is 0 Å². The highest BCUT2D eigenvalue weighted by atomic mass is 79.9. The number of rotatable bonds is 2. The predicted molar refractivity (Wildman–Crippen MR) is 49.3 cm³/mol. The van der Waals surface area contributed by atoms with Gasteiger partial charge in [-0.1, -0.05) is 15.9 Å². The highest BCUT2D eigenvalue weighted by Crippen LogP contribution is 2.39. The van der Waals surface area contributed by atoms with E-state index in [-0.39, 0.29) is 17.7 Å². The van der Waals surface area contributed by atoms with Crippen molar-refractivity contribution in [1.82, 2.24) is 0 Å². The third kappa shape index (κ3) is 1.69. The lowest BCUT2D eigenvalue weighted by Crippen LogP contribution is -1.94. The minimum absolute atomic E-state index is 0.00181.